The quantitative estimate of drug-likeness (QED) is 0.247. The number of carbonyl (C=O) groups excluding carboxylic acids is 2. The van der Waals surface area contributed by atoms with Crippen molar-refractivity contribution in [3.63, 3.8) is 0 Å². The van der Waals surface area contributed by atoms with Crippen LogP contribution < -0.4 is 10.6 Å². The van der Waals surface area contributed by atoms with Gasteiger partial charge >= 0.3 is 12.1 Å². The second kappa shape index (κ2) is 10.6. The highest BCUT2D eigenvalue weighted by Crippen LogP contribution is 2.34. The van der Waals surface area contributed by atoms with E-state index in [1.54, 1.807) is 17.4 Å². The predicted octanol–water partition coefficient (Wildman–Crippen LogP) is 6.40. The first kappa shape index (κ1) is 26.0. The summed E-state index contributed by atoms with van der Waals surface area (Å²) in [5, 5.41) is 13.0. The van der Waals surface area contributed by atoms with Crippen molar-refractivity contribution in [2.75, 3.05) is 12.4 Å². The summed E-state index contributed by atoms with van der Waals surface area (Å²) < 4.78 is 10.3. The van der Waals surface area contributed by atoms with E-state index in [2.05, 4.69) is 38.5 Å². The maximum Gasteiger partial charge on any atom is 0.407 e. The van der Waals surface area contributed by atoms with Gasteiger partial charge in [0.2, 0.25) is 0 Å². The zero-order chi connectivity index (χ0) is 26.9. The summed E-state index contributed by atoms with van der Waals surface area (Å²) in [6.07, 6.45) is 3.93. The average molecular weight is 535 g/mol. The molecule has 0 unspecified atom stereocenters. The van der Waals surface area contributed by atoms with Crippen molar-refractivity contribution >= 4 is 51.0 Å². The number of thiophene rings is 1. The molecule has 3 aromatic heterocycles. The molecule has 8 nitrogen and oxygen atoms in total. The molecule has 1 aliphatic carbocycles. The lowest BCUT2D eigenvalue weighted by molar-refractivity contribution is 0.0491. The van der Waals surface area contributed by atoms with Crippen molar-refractivity contribution < 1.29 is 19.1 Å². The number of fused-ring (bicyclic) bond motifs is 3. The first-order valence-electron chi connectivity index (χ1n) is 13.0. The number of pyridine rings is 1. The number of aromatic amines is 1. The van der Waals surface area contributed by atoms with Crippen molar-refractivity contribution in [3.8, 4) is 0 Å². The van der Waals surface area contributed by atoms with Gasteiger partial charge in [-0.3, -0.25) is 0 Å². The second-order valence-corrected chi connectivity index (χ2v) is 11.7. The Hall–Kier alpha value is -3.59. The summed E-state index contributed by atoms with van der Waals surface area (Å²) in [5.74, 6) is 0.477. The van der Waals surface area contributed by atoms with E-state index in [1.807, 2.05) is 32.9 Å². The van der Waals surface area contributed by atoms with Crippen LogP contribution in [0.4, 0.5) is 10.6 Å². The lowest BCUT2D eigenvalue weighted by atomic mass is 9.91. The van der Waals surface area contributed by atoms with E-state index >= 15 is 0 Å². The van der Waals surface area contributed by atoms with E-state index in [0.29, 0.717) is 5.56 Å². The largest absolute Gasteiger partial charge is 0.465 e. The fraction of sp³-hybridized carbons (Fsp3) is 0.414. The molecule has 1 aliphatic rings. The lowest BCUT2D eigenvalue weighted by Gasteiger charge is -2.31. The highest BCUT2D eigenvalue weighted by Gasteiger charge is 2.26. The zero-order valence-electron chi connectivity index (χ0n) is 22.2. The molecule has 1 fully saturated rings. The van der Waals surface area contributed by atoms with E-state index < -0.39 is 5.60 Å². The lowest BCUT2D eigenvalue weighted by Crippen LogP contribution is -2.42. The molecule has 1 amide bonds. The van der Waals surface area contributed by atoms with E-state index in [0.717, 1.165) is 65.4 Å². The van der Waals surface area contributed by atoms with E-state index in [4.69, 9.17) is 14.5 Å². The SMILES string of the molecule is COC(=O)c1ccc2c(c1)[nH]c1cc(Cc3ccsc3)nc(N[C@H]3CC[C@H](NC(=O)OC(C)(C)C)CC3)c12. The summed E-state index contributed by atoms with van der Waals surface area (Å²) in [7, 11) is 1.39. The van der Waals surface area contributed by atoms with Crippen LogP contribution in [0, 0.1) is 0 Å². The number of nitrogens with one attached hydrogen (secondary N) is 3. The number of nitrogens with zero attached hydrogens (tertiary/aromatic N) is 1. The fourth-order valence-electron chi connectivity index (χ4n) is 5.07. The van der Waals surface area contributed by atoms with E-state index in [9.17, 15) is 9.59 Å². The Kier molecular flexibility index (Phi) is 7.29. The van der Waals surface area contributed by atoms with Crippen LogP contribution in [-0.2, 0) is 15.9 Å². The van der Waals surface area contributed by atoms with Gasteiger partial charge in [-0.05, 0) is 87.0 Å². The molecule has 3 N–H and O–H groups in total. The molecule has 4 aromatic rings. The molecule has 5 rings (SSSR count). The Bertz CT molecular complexity index is 1450. The van der Waals surface area contributed by atoms with Gasteiger partial charge in [0.1, 0.15) is 11.4 Å². The molecule has 200 valence electrons. The Labute approximate surface area is 226 Å². The van der Waals surface area contributed by atoms with Crippen LogP contribution in [0.1, 0.15) is 68.1 Å². The number of methoxy groups -OCH3 is 1. The molecule has 0 saturated heterocycles. The van der Waals surface area contributed by atoms with Crippen LogP contribution >= 0.6 is 11.3 Å². The summed E-state index contributed by atoms with van der Waals surface area (Å²) in [5.41, 5.74) is 4.04. The first-order valence-corrected chi connectivity index (χ1v) is 13.9. The fourth-order valence-corrected chi connectivity index (χ4v) is 5.74. The monoisotopic (exact) mass is 534 g/mol. The van der Waals surface area contributed by atoms with Crippen molar-refractivity contribution in [3.05, 3.63) is 57.9 Å². The summed E-state index contributed by atoms with van der Waals surface area (Å²) in [4.78, 5) is 32.9. The average Bonchev–Trinajstić information content (AvgIpc) is 3.50. The van der Waals surface area contributed by atoms with Crippen molar-refractivity contribution in [2.24, 2.45) is 0 Å². The minimum Gasteiger partial charge on any atom is -0.465 e. The number of benzene rings is 1. The number of amides is 1. The summed E-state index contributed by atoms with van der Waals surface area (Å²) in [6.45, 7) is 5.61. The molecule has 38 heavy (non-hydrogen) atoms. The third-order valence-electron chi connectivity index (χ3n) is 6.81. The van der Waals surface area contributed by atoms with Crippen LogP contribution in [0.2, 0.25) is 0 Å². The number of carbonyl (C=O) groups is 2. The third-order valence-corrected chi connectivity index (χ3v) is 7.54. The molecule has 0 radical (unpaired) electrons. The molecule has 0 bridgehead atoms. The van der Waals surface area contributed by atoms with Crippen molar-refractivity contribution in [1.29, 1.82) is 0 Å². The van der Waals surface area contributed by atoms with Gasteiger partial charge in [-0.15, -0.1) is 0 Å². The van der Waals surface area contributed by atoms with Gasteiger partial charge in [-0.2, -0.15) is 11.3 Å². The number of rotatable bonds is 6. The first-order chi connectivity index (χ1) is 18.2. The molecule has 9 heteroatoms. The van der Waals surface area contributed by atoms with Gasteiger partial charge in [0.25, 0.3) is 0 Å². The van der Waals surface area contributed by atoms with Crippen LogP contribution in [0.3, 0.4) is 0 Å². The minimum absolute atomic E-state index is 0.102. The molecule has 0 atom stereocenters. The van der Waals surface area contributed by atoms with Gasteiger partial charge in [-0.25, -0.2) is 14.6 Å². The summed E-state index contributed by atoms with van der Waals surface area (Å²) >= 11 is 1.68. The molecular formula is C29H34N4O4S. The van der Waals surface area contributed by atoms with E-state index in [-0.39, 0.29) is 24.1 Å². The number of alkyl carbamates (subject to hydrolysis) is 1. The predicted molar refractivity (Wildman–Crippen MR) is 151 cm³/mol. The maximum atomic E-state index is 12.2. The Morgan fingerprint density at radius 1 is 1.08 bits per heavy atom. The molecule has 1 aromatic carbocycles. The molecule has 3 heterocycles. The van der Waals surface area contributed by atoms with Gasteiger partial charge < -0.3 is 25.1 Å². The van der Waals surface area contributed by atoms with Crippen LogP contribution in [0.25, 0.3) is 21.8 Å². The minimum atomic E-state index is -0.509. The number of anilines is 1. The van der Waals surface area contributed by atoms with Gasteiger partial charge in [0.05, 0.1) is 18.2 Å². The third kappa shape index (κ3) is 5.93. The standard InChI is InChI=1S/C29H34N4O4S/c1-29(2,3)37-28(35)32-20-8-6-19(7-9-20)30-26-25-22-10-5-18(27(34)36-4)14-23(22)33-24(25)15-21(31-26)13-17-11-12-38-16-17/h5,10-12,14-16,19-20,33H,6-9,13H2,1-4H3,(H,30,31)(H,32,35)/t19-,20-. The number of ether oxygens (including phenoxy) is 2. The highest BCUT2D eigenvalue weighted by molar-refractivity contribution is 7.07. The number of aromatic nitrogens is 2. The summed E-state index contributed by atoms with van der Waals surface area (Å²) in [6, 6.07) is 10.1. The molecule has 0 spiro atoms. The van der Waals surface area contributed by atoms with Gasteiger partial charge in [0.15, 0.2) is 0 Å². The van der Waals surface area contributed by atoms with Crippen LogP contribution in [-0.4, -0.2) is 46.8 Å². The van der Waals surface area contributed by atoms with Gasteiger partial charge in [0, 0.05) is 40.5 Å². The molecule has 0 aliphatic heterocycles. The number of esters is 1. The smallest absolute Gasteiger partial charge is 0.407 e. The Morgan fingerprint density at radius 3 is 2.53 bits per heavy atom. The zero-order valence-corrected chi connectivity index (χ0v) is 23.0. The van der Waals surface area contributed by atoms with Crippen LogP contribution in [0.15, 0.2) is 41.1 Å². The van der Waals surface area contributed by atoms with Crippen molar-refractivity contribution in [1.82, 2.24) is 15.3 Å². The molecular weight excluding hydrogens is 500 g/mol. The highest BCUT2D eigenvalue weighted by atomic mass is 32.1. The van der Waals surface area contributed by atoms with Crippen molar-refractivity contribution in [2.45, 2.75) is 70.6 Å². The normalized spacial score (nSPS) is 17.9. The van der Waals surface area contributed by atoms with Gasteiger partial charge in [-0.1, -0.05) is 6.07 Å². The Balaban J connectivity index is 1.39. The second-order valence-electron chi connectivity index (χ2n) is 10.9. The number of H-pyrrole nitrogens is 1. The molecule has 1 saturated carbocycles. The number of hydrogen-bond acceptors (Lipinski definition) is 7. The maximum absolute atomic E-state index is 12.2. The Morgan fingerprint density at radius 2 is 1.84 bits per heavy atom. The topological polar surface area (TPSA) is 105 Å². The number of hydrogen-bond donors (Lipinski definition) is 3. The van der Waals surface area contributed by atoms with E-state index in [1.165, 1.54) is 12.7 Å². The van der Waals surface area contributed by atoms with Crippen LogP contribution in [0.5, 0.6) is 0 Å².